The minimum atomic E-state index is -0.586. The van der Waals surface area contributed by atoms with Crippen molar-refractivity contribution in [3.05, 3.63) is 107 Å². The van der Waals surface area contributed by atoms with Crippen LogP contribution in [0.1, 0.15) is 41.2 Å². The van der Waals surface area contributed by atoms with Crippen LogP contribution in [0.2, 0.25) is 0 Å². The summed E-state index contributed by atoms with van der Waals surface area (Å²) in [4.78, 5) is 28.7. The van der Waals surface area contributed by atoms with Gasteiger partial charge in [0.2, 0.25) is 11.8 Å². The van der Waals surface area contributed by atoms with Crippen LogP contribution in [0.5, 0.6) is 0 Å². The molecule has 3 aromatic carbocycles. The number of carbonyl (C=O) groups is 2. The van der Waals surface area contributed by atoms with Crippen LogP contribution in [0.3, 0.4) is 0 Å². The van der Waals surface area contributed by atoms with Gasteiger partial charge in [0.05, 0.1) is 6.42 Å². The molecule has 3 rings (SSSR count). The quantitative estimate of drug-likeness (QED) is 0.480. The van der Waals surface area contributed by atoms with Gasteiger partial charge in [0.1, 0.15) is 6.04 Å². The highest BCUT2D eigenvalue weighted by Gasteiger charge is 2.30. The van der Waals surface area contributed by atoms with Crippen molar-refractivity contribution in [2.24, 2.45) is 0 Å². The second kappa shape index (κ2) is 12.0. The minimum absolute atomic E-state index is 0.0474. The lowest BCUT2D eigenvalue weighted by Crippen LogP contribution is -2.51. The Labute approximate surface area is 197 Å². The highest BCUT2D eigenvalue weighted by molar-refractivity contribution is 5.88. The molecule has 0 saturated carbocycles. The number of aryl methyl sites for hydroxylation is 2. The molecule has 0 spiro atoms. The number of nitrogens with zero attached hydrogens (tertiary/aromatic N) is 1. The Balaban J connectivity index is 1.94. The first-order chi connectivity index (χ1) is 16.0. The summed E-state index contributed by atoms with van der Waals surface area (Å²) in [6.45, 7) is 7.07. The van der Waals surface area contributed by atoms with Crippen LogP contribution in [-0.2, 0) is 29.0 Å². The van der Waals surface area contributed by atoms with E-state index >= 15 is 0 Å². The fraction of sp³-hybridized carbons (Fsp3) is 0.310. The van der Waals surface area contributed by atoms with Crippen LogP contribution < -0.4 is 5.32 Å². The molecule has 0 aliphatic carbocycles. The summed E-state index contributed by atoms with van der Waals surface area (Å²) in [6.07, 6.45) is 1.58. The van der Waals surface area contributed by atoms with Gasteiger partial charge in [-0.05, 0) is 37.0 Å². The van der Waals surface area contributed by atoms with Gasteiger partial charge in [-0.15, -0.1) is 0 Å². The number of hydrogen-bond donors (Lipinski definition) is 1. The van der Waals surface area contributed by atoms with Crippen molar-refractivity contribution in [2.75, 3.05) is 6.54 Å². The highest BCUT2D eigenvalue weighted by atomic mass is 16.2. The average molecular weight is 443 g/mol. The van der Waals surface area contributed by atoms with E-state index in [2.05, 4.69) is 5.32 Å². The first-order valence-corrected chi connectivity index (χ1v) is 11.7. The van der Waals surface area contributed by atoms with Gasteiger partial charge in [-0.2, -0.15) is 0 Å². The first-order valence-electron chi connectivity index (χ1n) is 11.7. The zero-order chi connectivity index (χ0) is 23.6. The second-order valence-electron chi connectivity index (χ2n) is 8.67. The topological polar surface area (TPSA) is 49.4 Å². The van der Waals surface area contributed by atoms with Gasteiger partial charge < -0.3 is 10.2 Å². The van der Waals surface area contributed by atoms with E-state index in [0.717, 1.165) is 34.2 Å². The summed E-state index contributed by atoms with van der Waals surface area (Å²) in [5, 5.41) is 3.02. The van der Waals surface area contributed by atoms with Gasteiger partial charge in [-0.3, -0.25) is 9.59 Å². The van der Waals surface area contributed by atoms with Gasteiger partial charge in [0.15, 0.2) is 0 Å². The molecular weight excluding hydrogens is 408 g/mol. The molecule has 172 valence electrons. The average Bonchev–Trinajstić information content (AvgIpc) is 2.81. The number of nitrogens with one attached hydrogen (secondary N) is 1. The third kappa shape index (κ3) is 7.31. The second-order valence-corrected chi connectivity index (χ2v) is 8.67. The van der Waals surface area contributed by atoms with Gasteiger partial charge in [0.25, 0.3) is 0 Å². The summed E-state index contributed by atoms with van der Waals surface area (Å²) >= 11 is 0. The summed E-state index contributed by atoms with van der Waals surface area (Å²) in [6, 6.07) is 25.5. The molecule has 0 unspecified atom stereocenters. The maximum absolute atomic E-state index is 13.7. The normalized spacial score (nSPS) is 11.6. The Morgan fingerprint density at radius 2 is 1.52 bits per heavy atom. The lowest BCUT2D eigenvalue weighted by atomic mass is 10.0. The van der Waals surface area contributed by atoms with E-state index in [1.165, 1.54) is 0 Å². The predicted molar refractivity (Wildman–Crippen MR) is 134 cm³/mol. The van der Waals surface area contributed by atoms with E-state index in [4.69, 9.17) is 0 Å². The van der Waals surface area contributed by atoms with Crippen molar-refractivity contribution in [3.63, 3.8) is 0 Å². The Morgan fingerprint density at radius 1 is 0.818 bits per heavy atom. The molecule has 0 saturated heterocycles. The zero-order valence-electron chi connectivity index (χ0n) is 19.9. The van der Waals surface area contributed by atoms with E-state index in [1.54, 1.807) is 4.90 Å². The Kier molecular flexibility index (Phi) is 8.82. The van der Waals surface area contributed by atoms with E-state index in [1.807, 2.05) is 99.6 Å². The number of amides is 2. The molecule has 0 aromatic heterocycles. The van der Waals surface area contributed by atoms with Crippen molar-refractivity contribution in [3.8, 4) is 0 Å². The SMILES string of the molecule is CCCNC(=O)[C@@H](Cc1ccccc1)N(Cc1ccc(C)cc1)C(=O)Cc1cccc(C)c1. The summed E-state index contributed by atoms with van der Waals surface area (Å²) in [7, 11) is 0. The molecule has 4 heteroatoms. The largest absolute Gasteiger partial charge is 0.354 e. The van der Waals surface area contributed by atoms with E-state index in [9.17, 15) is 9.59 Å². The van der Waals surface area contributed by atoms with E-state index in [0.29, 0.717) is 19.5 Å². The molecule has 3 aromatic rings. The lowest BCUT2D eigenvalue weighted by molar-refractivity contribution is -0.140. The van der Waals surface area contributed by atoms with Gasteiger partial charge in [-0.1, -0.05) is 96.9 Å². The van der Waals surface area contributed by atoms with Crippen molar-refractivity contribution in [1.29, 1.82) is 0 Å². The summed E-state index contributed by atoms with van der Waals surface area (Å²) in [5.41, 5.74) is 5.29. The molecule has 4 nitrogen and oxygen atoms in total. The summed E-state index contributed by atoms with van der Waals surface area (Å²) < 4.78 is 0. The van der Waals surface area contributed by atoms with Crippen molar-refractivity contribution in [2.45, 2.75) is 52.6 Å². The first kappa shape index (κ1) is 24.2. The van der Waals surface area contributed by atoms with Crippen LogP contribution in [0.4, 0.5) is 0 Å². The number of benzene rings is 3. The smallest absolute Gasteiger partial charge is 0.243 e. The Morgan fingerprint density at radius 3 is 2.18 bits per heavy atom. The van der Waals surface area contributed by atoms with Crippen LogP contribution in [0.15, 0.2) is 78.9 Å². The molecule has 1 N–H and O–H groups in total. The van der Waals surface area contributed by atoms with E-state index in [-0.39, 0.29) is 18.2 Å². The van der Waals surface area contributed by atoms with Crippen LogP contribution in [0.25, 0.3) is 0 Å². The fourth-order valence-electron chi connectivity index (χ4n) is 3.91. The van der Waals surface area contributed by atoms with Gasteiger partial charge >= 0.3 is 0 Å². The predicted octanol–water partition coefficient (Wildman–Crippen LogP) is 5.01. The van der Waals surface area contributed by atoms with E-state index < -0.39 is 6.04 Å². The molecule has 0 fully saturated rings. The van der Waals surface area contributed by atoms with Crippen molar-refractivity contribution < 1.29 is 9.59 Å². The molecule has 0 aliphatic rings. The third-order valence-corrected chi connectivity index (χ3v) is 5.73. The molecule has 0 aliphatic heterocycles. The molecule has 2 amide bonds. The van der Waals surface area contributed by atoms with Gasteiger partial charge in [0, 0.05) is 19.5 Å². The zero-order valence-corrected chi connectivity index (χ0v) is 19.9. The molecule has 33 heavy (non-hydrogen) atoms. The molecule has 1 atom stereocenters. The lowest BCUT2D eigenvalue weighted by Gasteiger charge is -2.32. The summed E-state index contributed by atoms with van der Waals surface area (Å²) in [5.74, 6) is -0.154. The molecule has 0 heterocycles. The van der Waals surface area contributed by atoms with Gasteiger partial charge in [-0.25, -0.2) is 0 Å². The minimum Gasteiger partial charge on any atom is -0.354 e. The highest BCUT2D eigenvalue weighted by Crippen LogP contribution is 2.17. The standard InChI is InChI=1S/C29H34N2O2/c1-4-17-30-29(33)27(19-24-10-6-5-7-11-24)31(21-25-15-13-22(2)14-16-25)28(32)20-26-12-8-9-23(3)18-26/h5-16,18,27H,4,17,19-21H2,1-3H3,(H,30,33)/t27-/m1/s1. The Hall–Kier alpha value is -3.40. The van der Waals surface area contributed by atoms with Crippen molar-refractivity contribution >= 4 is 11.8 Å². The number of carbonyl (C=O) groups excluding carboxylic acids is 2. The maximum atomic E-state index is 13.7. The molecule has 0 bridgehead atoms. The van der Waals surface area contributed by atoms with Crippen LogP contribution >= 0.6 is 0 Å². The third-order valence-electron chi connectivity index (χ3n) is 5.73. The molecular formula is C29H34N2O2. The number of rotatable bonds is 10. The Bertz CT molecular complexity index is 1040. The maximum Gasteiger partial charge on any atom is 0.243 e. The number of hydrogen-bond acceptors (Lipinski definition) is 2. The van der Waals surface area contributed by atoms with Crippen LogP contribution in [-0.4, -0.2) is 29.3 Å². The monoisotopic (exact) mass is 442 g/mol. The fourth-order valence-corrected chi connectivity index (χ4v) is 3.91. The van der Waals surface area contributed by atoms with Crippen molar-refractivity contribution in [1.82, 2.24) is 10.2 Å². The molecule has 0 radical (unpaired) electrons. The van der Waals surface area contributed by atoms with Crippen LogP contribution in [0, 0.1) is 13.8 Å².